The minimum Gasteiger partial charge on any atom is -0.497 e. The van der Waals surface area contributed by atoms with Crippen molar-refractivity contribution in [3.05, 3.63) is 60.0 Å². The zero-order valence-corrected chi connectivity index (χ0v) is 18.5. The molecule has 0 N–H and O–H groups in total. The summed E-state index contributed by atoms with van der Waals surface area (Å²) in [6.07, 6.45) is 0.932. The second-order valence-corrected chi connectivity index (χ2v) is 7.68. The van der Waals surface area contributed by atoms with E-state index in [-0.39, 0.29) is 5.91 Å². The van der Waals surface area contributed by atoms with E-state index in [2.05, 4.69) is 22.0 Å². The number of amides is 1. The summed E-state index contributed by atoms with van der Waals surface area (Å²) in [5.74, 6) is 2.68. The second-order valence-electron chi connectivity index (χ2n) is 7.68. The van der Waals surface area contributed by atoms with Crippen molar-refractivity contribution in [2.75, 3.05) is 39.9 Å². The molecule has 1 aromatic heterocycles. The van der Waals surface area contributed by atoms with Crippen LogP contribution in [0.25, 0.3) is 11.4 Å². The Morgan fingerprint density at radius 1 is 1.06 bits per heavy atom. The van der Waals surface area contributed by atoms with Crippen LogP contribution in [0, 0.1) is 0 Å². The Kier molecular flexibility index (Phi) is 7.01. The van der Waals surface area contributed by atoms with Gasteiger partial charge in [-0.3, -0.25) is 9.69 Å². The molecule has 8 heteroatoms. The molecule has 0 unspecified atom stereocenters. The molecule has 0 spiro atoms. The highest BCUT2D eigenvalue weighted by Gasteiger charge is 2.24. The maximum atomic E-state index is 12.9. The summed E-state index contributed by atoms with van der Waals surface area (Å²) in [5.41, 5.74) is 1.54. The van der Waals surface area contributed by atoms with Gasteiger partial charge in [-0.15, -0.1) is 0 Å². The molecule has 1 aliphatic rings. The van der Waals surface area contributed by atoms with Gasteiger partial charge in [0.2, 0.25) is 11.7 Å². The summed E-state index contributed by atoms with van der Waals surface area (Å²) in [4.78, 5) is 21.5. The average molecular weight is 437 g/mol. The number of carbonyl (C=O) groups is 1. The Bertz CT molecular complexity index is 1030. The summed E-state index contributed by atoms with van der Waals surface area (Å²) in [5, 5.41) is 4.09. The van der Waals surface area contributed by atoms with Crippen LogP contribution >= 0.6 is 0 Å². The second kappa shape index (κ2) is 10.3. The van der Waals surface area contributed by atoms with Gasteiger partial charge in [-0.1, -0.05) is 18.1 Å². The van der Waals surface area contributed by atoms with E-state index in [0.717, 1.165) is 36.6 Å². The minimum atomic E-state index is 0.0335. The molecule has 8 nitrogen and oxygen atoms in total. The largest absolute Gasteiger partial charge is 0.497 e. The normalized spacial score (nSPS) is 14.4. The van der Waals surface area contributed by atoms with E-state index in [0.29, 0.717) is 43.5 Å². The van der Waals surface area contributed by atoms with Crippen LogP contribution in [0.15, 0.2) is 53.1 Å². The summed E-state index contributed by atoms with van der Waals surface area (Å²) < 4.78 is 16.3. The minimum absolute atomic E-state index is 0.0335. The molecule has 1 fully saturated rings. The number of aromatic nitrogens is 2. The smallest absolute Gasteiger partial charge is 0.254 e. The van der Waals surface area contributed by atoms with Crippen molar-refractivity contribution in [1.29, 1.82) is 0 Å². The van der Waals surface area contributed by atoms with Crippen molar-refractivity contribution in [2.45, 2.75) is 19.9 Å². The Labute approximate surface area is 187 Å². The highest BCUT2D eigenvalue weighted by Crippen LogP contribution is 2.21. The fourth-order valence-electron chi connectivity index (χ4n) is 3.60. The van der Waals surface area contributed by atoms with Crippen molar-refractivity contribution >= 4 is 5.91 Å². The van der Waals surface area contributed by atoms with Gasteiger partial charge >= 0.3 is 0 Å². The zero-order valence-electron chi connectivity index (χ0n) is 18.5. The molecule has 168 valence electrons. The van der Waals surface area contributed by atoms with E-state index in [1.54, 1.807) is 7.11 Å². The van der Waals surface area contributed by atoms with E-state index < -0.39 is 0 Å². The van der Waals surface area contributed by atoms with Crippen LogP contribution in [0.5, 0.6) is 11.5 Å². The molecule has 2 aromatic carbocycles. The molecule has 32 heavy (non-hydrogen) atoms. The first-order chi connectivity index (χ1) is 15.7. The third kappa shape index (κ3) is 5.26. The Morgan fingerprint density at radius 2 is 1.84 bits per heavy atom. The Balaban J connectivity index is 1.30. The number of piperazine rings is 1. The molecule has 1 amide bonds. The van der Waals surface area contributed by atoms with E-state index in [1.807, 2.05) is 53.4 Å². The highest BCUT2D eigenvalue weighted by molar-refractivity contribution is 5.94. The molecule has 0 bridgehead atoms. The van der Waals surface area contributed by atoms with Gasteiger partial charge in [0.25, 0.3) is 5.91 Å². The van der Waals surface area contributed by atoms with Crippen LogP contribution in [0.4, 0.5) is 0 Å². The van der Waals surface area contributed by atoms with Crippen LogP contribution in [0.2, 0.25) is 0 Å². The van der Waals surface area contributed by atoms with Gasteiger partial charge in [0, 0.05) is 37.3 Å². The predicted molar refractivity (Wildman–Crippen MR) is 120 cm³/mol. The lowest BCUT2D eigenvalue weighted by atomic mass is 10.1. The quantitative estimate of drug-likeness (QED) is 0.535. The number of benzene rings is 2. The van der Waals surface area contributed by atoms with Crippen molar-refractivity contribution in [3.8, 4) is 22.9 Å². The third-order valence-corrected chi connectivity index (χ3v) is 5.39. The van der Waals surface area contributed by atoms with Crippen molar-refractivity contribution in [2.24, 2.45) is 0 Å². The average Bonchev–Trinajstić information content (AvgIpc) is 3.31. The summed E-state index contributed by atoms with van der Waals surface area (Å²) in [6, 6.07) is 15.0. The van der Waals surface area contributed by atoms with E-state index in [9.17, 15) is 4.79 Å². The molecule has 0 aliphatic carbocycles. The highest BCUT2D eigenvalue weighted by atomic mass is 16.5. The van der Waals surface area contributed by atoms with E-state index >= 15 is 0 Å². The number of hydrogen-bond donors (Lipinski definition) is 0. The lowest BCUT2D eigenvalue weighted by Gasteiger charge is -2.34. The number of hydrogen-bond acceptors (Lipinski definition) is 7. The van der Waals surface area contributed by atoms with Crippen LogP contribution in [-0.2, 0) is 6.54 Å². The SMILES string of the molecule is CCCOc1cccc(C(=O)N2CCN(Cc3nc(-c4ccc(OC)cc4)no3)CC2)c1. The summed E-state index contributed by atoms with van der Waals surface area (Å²) >= 11 is 0. The van der Waals surface area contributed by atoms with Crippen LogP contribution in [-0.4, -0.2) is 65.7 Å². The monoisotopic (exact) mass is 436 g/mol. The molecule has 3 aromatic rings. The standard InChI is InChI=1S/C24H28N4O4/c1-3-15-31-21-6-4-5-19(16-21)24(29)28-13-11-27(12-14-28)17-22-25-23(26-32-22)18-7-9-20(30-2)10-8-18/h4-10,16H,3,11-15,17H2,1-2H3. The number of carbonyl (C=O) groups excluding carboxylic acids is 1. The Morgan fingerprint density at radius 3 is 2.56 bits per heavy atom. The van der Waals surface area contributed by atoms with Crippen molar-refractivity contribution in [3.63, 3.8) is 0 Å². The molecule has 4 rings (SSSR count). The molecular weight excluding hydrogens is 408 g/mol. The van der Waals surface area contributed by atoms with Gasteiger partial charge in [-0.25, -0.2) is 0 Å². The molecule has 1 aliphatic heterocycles. The van der Waals surface area contributed by atoms with Crippen molar-refractivity contribution < 1.29 is 18.8 Å². The fourth-order valence-corrected chi connectivity index (χ4v) is 3.60. The first kappa shape index (κ1) is 21.8. The molecule has 0 saturated carbocycles. The predicted octanol–water partition coefficient (Wildman–Crippen LogP) is 3.49. The van der Waals surface area contributed by atoms with Gasteiger partial charge < -0.3 is 18.9 Å². The fraction of sp³-hybridized carbons (Fsp3) is 0.375. The van der Waals surface area contributed by atoms with Gasteiger partial charge in [0.15, 0.2) is 0 Å². The number of rotatable bonds is 8. The topological polar surface area (TPSA) is 80.9 Å². The summed E-state index contributed by atoms with van der Waals surface area (Å²) in [6.45, 7) is 6.06. The van der Waals surface area contributed by atoms with Gasteiger partial charge in [-0.2, -0.15) is 4.98 Å². The number of methoxy groups -OCH3 is 1. The molecule has 0 atom stereocenters. The van der Waals surface area contributed by atoms with Gasteiger partial charge in [0.1, 0.15) is 11.5 Å². The molecule has 0 radical (unpaired) electrons. The third-order valence-electron chi connectivity index (χ3n) is 5.39. The first-order valence-corrected chi connectivity index (χ1v) is 10.9. The van der Waals surface area contributed by atoms with Crippen LogP contribution in [0.3, 0.4) is 0 Å². The molecule has 2 heterocycles. The molecular formula is C24H28N4O4. The lowest BCUT2D eigenvalue weighted by Crippen LogP contribution is -2.48. The van der Waals surface area contributed by atoms with Gasteiger partial charge in [0.05, 0.1) is 20.3 Å². The van der Waals surface area contributed by atoms with Crippen LogP contribution in [0.1, 0.15) is 29.6 Å². The zero-order chi connectivity index (χ0) is 22.3. The number of nitrogens with zero attached hydrogens (tertiary/aromatic N) is 4. The van der Waals surface area contributed by atoms with Gasteiger partial charge in [-0.05, 0) is 48.9 Å². The van der Waals surface area contributed by atoms with Crippen LogP contribution < -0.4 is 9.47 Å². The molecule has 1 saturated heterocycles. The first-order valence-electron chi connectivity index (χ1n) is 10.9. The Hall–Kier alpha value is -3.39. The lowest BCUT2D eigenvalue weighted by molar-refractivity contribution is 0.0614. The maximum absolute atomic E-state index is 12.9. The van der Waals surface area contributed by atoms with Crippen molar-refractivity contribution in [1.82, 2.24) is 19.9 Å². The van der Waals surface area contributed by atoms with E-state index in [1.165, 1.54) is 0 Å². The maximum Gasteiger partial charge on any atom is 0.254 e. The summed E-state index contributed by atoms with van der Waals surface area (Å²) in [7, 11) is 1.63. The number of ether oxygens (including phenoxy) is 2. The van der Waals surface area contributed by atoms with E-state index in [4.69, 9.17) is 14.0 Å².